The van der Waals surface area contributed by atoms with Crippen molar-refractivity contribution >= 4 is 26.6 Å². The molecule has 1 aliphatic rings. The molecule has 0 atom stereocenters. The third-order valence-electron chi connectivity index (χ3n) is 6.26. The number of hydrogen-bond acceptors (Lipinski definition) is 5. The highest BCUT2D eigenvalue weighted by Gasteiger charge is 2.20. The monoisotopic (exact) mass is 475 g/mol. The molecule has 5 rings (SSSR count). The van der Waals surface area contributed by atoms with Crippen molar-refractivity contribution in [1.29, 1.82) is 0 Å². The molecular weight excluding hydrogens is 450 g/mol. The number of fused-ring (bicyclic) bond motifs is 2. The van der Waals surface area contributed by atoms with Crippen LogP contribution in [0.5, 0.6) is 5.75 Å². The molecule has 0 amide bonds. The van der Waals surface area contributed by atoms with Crippen LogP contribution in [0.1, 0.15) is 29.8 Å². The quantitative estimate of drug-likeness (QED) is 0.463. The number of rotatable bonds is 5. The van der Waals surface area contributed by atoms with E-state index in [0.29, 0.717) is 33.9 Å². The zero-order valence-corrected chi connectivity index (χ0v) is 19.9. The number of nitrogens with one attached hydrogen (secondary N) is 1. The molecule has 7 nitrogen and oxygen atoms in total. The molecule has 8 heteroatoms. The van der Waals surface area contributed by atoms with Gasteiger partial charge in [-0.05, 0) is 80.1 Å². The van der Waals surface area contributed by atoms with Crippen molar-refractivity contribution in [2.45, 2.75) is 37.5 Å². The van der Waals surface area contributed by atoms with Gasteiger partial charge >= 0.3 is 0 Å². The van der Waals surface area contributed by atoms with E-state index in [2.05, 4.69) is 9.71 Å². The van der Waals surface area contributed by atoms with Crippen LogP contribution in [0.4, 0.5) is 5.69 Å². The number of benzene rings is 3. The molecule has 0 radical (unpaired) electrons. The summed E-state index contributed by atoms with van der Waals surface area (Å²) in [6.45, 7) is 1.76. The second-order valence-corrected chi connectivity index (χ2v) is 10.1. The average molecular weight is 476 g/mol. The van der Waals surface area contributed by atoms with E-state index in [9.17, 15) is 13.2 Å². The number of anilines is 1. The van der Waals surface area contributed by atoms with Gasteiger partial charge in [0.25, 0.3) is 15.6 Å². The lowest BCUT2D eigenvalue weighted by Gasteiger charge is -2.18. The molecular formula is C26H25N3O4S. The molecule has 0 saturated carbocycles. The van der Waals surface area contributed by atoms with E-state index in [4.69, 9.17) is 4.74 Å². The zero-order valence-electron chi connectivity index (χ0n) is 19.0. The first-order chi connectivity index (χ1) is 16.4. The Bertz CT molecular complexity index is 1580. The normalized spacial score (nSPS) is 13.5. The maximum absolute atomic E-state index is 13.1. The minimum absolute atomic E-state index is 0.201. The first-order valence-electron chi connectivity index (χ1n) is 11.2. The third kappa shape index (κ3) is 3.94. The third-order valence-corrected chi connectivity index (χ3v) is 7.62. The highest BCUT2D eigenvalue weighted by Crippen LogP contribution is 2.31. The molecule has 1 aromatic heterocycles. The predicted octanol–water partition coefficient (Wildman–Crippen LogP) is 4.38. The van der Waals surface area contributed by atoms with Crippen LogP contribution in [0.25, 0.3) is 16.6 Å². The summed E-state index contributed by atoms with van der Waals surface area (Å²) in [5, 5.41) is 0.504. The molecule has 0 aliphatic heterocycles. The molecule has 174 valence electrons. The maximum Gasteiger partial charge on any atom is 0.265 e. The van der Waals surface area contributed by atoms with E-state index < -0.39 is 10.0 Å². The van der Waals surface area contributed by atoms with Gasteiger partial charge in [0, 0.05) is 6.07 Å². The summed E-state index contributed by atoms with van der Waals surface area (Å²) in [6.07, 6.45) is 4.09. The van der Waals surface area contributed by atoms with E-state index in [1.807, 2.05) is 12.1 Å². The number of para-hydroxylation sites is 1. The summed E-state index contributed by atoms with van der Waals surface area (Å²) in [5.41, 5.74) is 3.57. The van der Waals surface area contributed by atoms with Crippen molar-refractivity contribution in [3.05, 3.63) is 88.0 Å². The van der Waals surface area contributed by atoms with Crippen LogP contribution in [-0.2, 0) is 22.9 Å². The standard InChI is InChI=1S/C26H25N3O4S/c1-17-27-23-10-6-5-9-22(23)26(30)29(17)20-12-14-24(25(16-20)33-2)28-34(31,32)21-13-11-18-7-3-4-8-19(18)15-21/h5-6,9-16,28H,3-4,7-8H2,1-2H3. The number of methoxy groups -OCH3 is 1. The minimum atomic E-state index is -3.81. The molecule has 3 aromatic carbocycles. The summed E-state index contributed by atoms with van der Waals surface area (Å²) in [4.78, 5) is 17.9. The van der Waals surface area contributed by atoms with E-state index in [1.165, 1.54) is 17.2 Å². The smallest absolute Gasteiger partial charge is 0.265 e. The fraction of sp³-hybridized carbons (Fsp3) is 0.231. The van der Waals surface area contributed by atoms with E-state index in [0.717, 1.165) is 31.2 Å². The Labute approximate surface area is 198 Å². The summed E-state index contributed by atoms with van der Waals surface area (Å²) >= 11 is 0. The largest absolute Gasteiger partial charge is 0.494 e. The number of ether oxygens (including phenoxy) is 1. The minimum Gasteiger partial charge on any atom is -0.494 e. The lowest BCUT2D eigenvalue weighted by Crippen LogP contribution is -2.22. The molecule has 1 N–H and O–H groups in total. The Kier molecular flexibility index (Phi) is 5.61. The second-order valence-electron chi connectivity index (χ2n) is 8.44. The van der Waals surface area contributed by atoms with Crippen molar-refractivity contribution < 1.29 is 13.2 Å². The van der Waals surface area contributed by atoms with Crippen molar-refractivity contribution in [2.75, 3.05) is 11.8 Å². The lowest BCUT2D eigenvalue weighted by atomic mass is 9.92. The van der Waals surface area contributed by atoms with Gasteiger partial charge in [0.05, 0.1) is 34.3 Å². The molecule has 1 aliphatic carbocycles. The van der Waals surface area contributed by atoms with E-state index >= 15 is 0 Å². The molecule has 0 unspecified atom stereocenters. The van der Waals surface area contributed by atoms with Gasteiger partial charge in [-0.15, -0.1) is 0 Å². The van der Waals surface area contributed by atoms with Crippen LogP contribution < -0.4 is 15.0 Å². The fourth-order valence-corrected chi connectivity index (χ4v) is 5.65. The summed E-state index contributed by atoms with van der Waals surface area (Å²) in [7, 11) is -2.35. The maximum atomic E-state index is 13.1. The Hall–Kier alpha value is -3.65. The second kappa shape index (κ2) is 8.61. The zero-order chi connectivity index (χ0) is 23.9. The van der Waals surface area contributed by atoms with Crippen LogP contribution in [0, 0.1) is 6.92 Å². The molecule has 4 aromatic rings. The summed E-state index contributed by atoms with van der Waals surface area (Å²) < 4.78 is 35.9. The average Bonchev–Trinajstić information content (AvgIpc) is 2.84. The Morgan fingerprint density at radius 3 is 2.53 bits per heavy atom. The van der Waals surface area contributed by atoms with Gasteiger partial charge in [-0.2, -0.15) is 0 Å². The van der Waals surface area contributed by atoms with Gasteiger partial charge in [-0.25, -0.2) is 13.4 Å². The van der Waals surface area contributed by atoms with Crippen LogP contribution in [-0.4, -0.2) is 25.1 Å². The van der Waals surface area contributed by atoms with Gasteiger partial charge in [0.1, 0.15) is 11.6 Å². The predicted molar refractivity (Wildman–Crippen MR) is 133 cm³/mol. The van der Waals surface area contributed by atoms with Crippen LogP contribution >= 0.6 is 0 Å². The van der Waals surface area contributed by atoms with Crippen LogP contribution in [0.15, 0.2) is 70.4 Å². The number of aryl methyl sites for hydroxylation is 3. The molecule has 0 fully saturated rings. The van der Waals surface area contributed by atoms with Gasteiger partial charge in [-0.3, -0.25) is 14.1 Å². The Balaban J connectivity index is 1.52. The Morgan fingerprint density at radius 1 is 0.971 bits per heavy atom. The molecule has 34 heavy (non-hydrogen) atoms. The number of nitrogens with zero attached hydrogens (tertiary/aromatic N) is 2. The van der Waals surface area contributed by atoms with Gasteiger partial charge in [0.2, 0.25) is 0 Å². The highest BCUT2D eigenvalue weighted by atomic mass is 32.2. The lowest BCUT2D eigenvalue weighted by molar-refractivity contribution is 0.416. The number of aromatic nitrogens is 2. The van der Waals surface area contributed by atoms with Gasteiger partial charge in [-0.1, -0.05) is 18.2 Å². The van der Waals surface area contributed by atoms with Crippen molar-refractivity contribution in [3.63, 3.8) is 0 Å². The van der Waals surface area contributed by atoms with Crippen LogP contribution in [0.3, 0.4) is 0 Å². The van der Waals surface area contributed by atoms with Gasteiger partial charge in [0.15, 0.2) is 0 Å². The highest BCUT2D eigenvalue weighted by molar-refractivity contribution is 7.92. The number of sulfonamides is 1. The van der Waals surface area contributed by atoms with Gasteiger partial charge < -0.3 is 4.74 Å². The van der Waals surface area contributed by atoms with E-state index in [1.54, 1.807) is 55.5 Å². The molecule has 0 bridgehead atoms. The molecule has 0 spiro atoms. The Morgan fingerprint density at radius 2 is 1.74 bits per heavy atom. The van der Waals surface area contributed by atoms with Crippen LogP contribution in [0.2, 0.25) is 0 Å². The van der Waals surface area contributed by atoms with Crippen molar-refractivity contribution in [1.82, 2.24) is 9.55 Å². The molecule has 0 saturated heterocycles. The SMILES string of the molecule is COc1cc(-n2c(C)nc3ccccc3c2=O)ccc1NS(=O)(=O)c1ccc2c(c1)CCCC2. The summed E-state index contributed by atoms with van der Waals surface area (Å²) in [5.74, 6) is 0.826. The number of hydrogen-bond donors (Lipinski definition) is 1. The summed E-state index contributed by atoms with van der Waals surface area (Å²) in [6, 6.07) is 17.4. The van der Waals surface area contributed by atoms with Crippen molar-refractivity contribution in [3.8, 4) is 11.4 Å². The first kappa shape index (κ1) is 22.2. The van der Waals surface area contributed by atoms with E-state index in [-0.39, 0.29) is 10.5 Å². The van der Waals surface area contributed by atoms with Crippen molar-refractivity contribution in [2.24, 2.45) is 0 Å². The fourth-order valence-electron chi connectivity index (χ4n) is 4.53. The first-order valence-corrected chi connectivity index (χ1v) is 12.7. The molecule has 1 heterocycles. The topological polar surface area (TPSA) is 90.3 Å².